The van der Waals surface area contributed by atoms with E-state index in [4.69, 9.17) is 5.26 Å². The summed E-state index contributed by atoms with van der Waals surface area (Å²) in [5.74, 6) is -0.386. The van der Waals surface area contributed by atoms with E-state index in [-0.39, 0.29) is 11.9 Å². The normalized spacial score (nSPS) is 18.4. The van der Waals surface area contributed by atoms with Gasteiger partial charge in [0.05, 0.1) is 17.7 Å². The lowest BCUT2D eigenvalue weighted by Gasteiger charge is -2.22. The molecule has 21 heavy (non-hydrogen) atoms. The molecule has 4 nitrogen and oxygen atoms in total. The van der Waals surface area contributed by atoms with E-state index >= 15 is 0 Å². The molecule has 1 aromatic rings. The van der Waals surface area contributed by atoms with Crippen molar-refractivity contribution in [3.63, 3.8) is 0 Å². The summed E-state index contributed by atoms with van der Waals surface area (Å²) >= 11 is 0. The average Bonchev–Trinajstić information content (AvgIpc) is 2.97. The Balaban J connectivity index is 1.83. The number of hydrogen-bond donors (Lipinski definition) is 2. The minimum absolute atomic E-state index is 0.203. The van der Waals surface area contributed by atoms with Crippen LogP contribution in [0.1, 0.15) is 36.9 Å². The molecular weight excluding hydrogens is 269 g/mol. The highest BCUT2D eigenvalue weighted by molar-refractivity contribution is 5.34. The summed E-state index contributed by atoms with van der Waals surface area (Å²) in [6, 6.07) is 6.19. The predicted molar refractivity (Wildman–Crippen MR) is 79.2 cm³/mol. The molecule has 0 radical (unpaired) electrons. The van der Waals surface area contributed by atoms with Crippen LogP contribution in [0.3, 0.4) is 0 Å². The molecule has 0 amide bonds. The number of nitrogens with one attached hydrogen (secondary N) is 1. The molecule has 0 spiro atoms. The summed E-state index contributed by atoms with van der Waals surface area (Å²) in [6.45, 7) is 5.05. The van der Waals surface area contributed by atoms with Crippen LogP contribution in [0, 0.1) is 17.1 Å². The standard InChI is InChI=1S/C16H22FN3O/c1-12(15-5-4-13(9-18)8-16(15)17)19-10-14(21)11-20-6-2-3-7-20/h4-5,8,12,14,19,21H,2-3,6-7,10-11H2,1H3. The first-order chi connectivity index (χ1) is 10.1. The zero-order valence-electron chi connectivity index (χ0n) is 12.3. The highest BCUT2D eigenvalue weighted by Gasteiger charge is 2.17. The first-order valence-electron chi connectivity index (χ1n) is 7.43. The van der Waals surface area contributed by atoms with Gasteiger partial charge in [0.2, 0.25) is 0 Å². The molecule has 2 rings (SSSR count). The Kier molecular flexibility index (Phi) is 5.68. The van der Waals surface area contributed by atoms with Crippen molar-refractivity contribution in [2.24, 2.45) is 0 Å². The third-order valence-corrected chi connectivity index (χ3v) is 3.92. The molecular formula is C16H22FN3O. The summed E-state index contributed by atoms with van der Waals surface area (Å²) in [5, 5.41) is 21.9. The van der Waals surface area contributed by atoms with Crippen molar-refractivity contribution >= 4 is 0 Å². The van der Waals surface area contributed by atoms with Gasteiger partial charge in [-0.25, -0.2) is 4.39 Å². The Labute approximate surface area is 125 Å². The first kappa shape index (κ1) is 15.9. The van der Waals surface area contributed by atoms with Gasteiger partial charge in [-0.3, -0.25) is 0 Å². The number of likely N-dealkylation sites (tertiary alicyclic amines) is 1. The lowest BCUT2D eigenvalue weighted by molar-refractivity contribution is 0.121. The number of halogens is 1. The van der Waals surface area contributed by atoms with Crippen molar-refractivity contribution in [1.29, 1.82) is 5.26 Å². The van der Waals surface area contributed by atoms with Crippen LogP contribution in [0.5, 0.6) is 0 Å². The van der Waals surface area contributed by atoms with Gasteiger partial charge in [0.15, 0.2) is 0 Å². The van der Waals surface area contributed by atoms with Crippen molar-refractivity contribution in [2.45, 2.75) is 31.9 Å². The Bertz CT molecular complexity index is 509. The molecule has 1 saturated heterocycles. The van der Waals surface area contributed by atoms with E-state index in [0.717, 1.165) is 13.1 Å². The summed E-state index contributed by atoms with van der Waals surface area (Å²) in [6.07, 6.45) is 1.95. The van der Waals surface area contributed by atoms with E-state index in [1.807, 2.05) is 13.0 Å². The second kappa shape index (κ2) is 7.51. The van der Waals surface area contributed by atoms with Crippen molar-refractivity contribution in [3.05, 3.63) is 35.1 Å². The van der Waals surface area contributed by atoms with Crippen LogP contribution in [0.25, 0.3) is 0 Å². The second-order valence-corrected chi connectivity index (χ2v) is 5.64. The van der Waals surface area contributed by atoms with Crippen LogP contribution in [0.2, 0.25) is 0 Å². The molecule has 1 heterocycles. The summed E-state index contributed by atoms with van der Waals surface area (Å²) in [4.78, 5) is 2.25. The Morgan fingerprint density at radius 1 is 1.43 bits per heavy atom. The third kappa shape index (κ3) is 4.50. The van der Waals surface area contributed by atoms with Gasteiger partial charge in [0.25, 0.3) is 0 Å². The van der Waals surface area contributed by atoms with E-state index in [2.05, 4.69) is 10.2 Å². The van der Waals surface area contributed by atoms with Crippen LogP contribution >= 0.6 is 0 Å². The highest BCUT2D eigenvalue weighted by atomic mass is 19.1. The fourth-order valence-electron chi connectivity index (χ4n) is 2.70. The van der Waals surface area contributed by atoms with Gasteiger partial charge >= 0.3 is 0 Å². The zero-order valence-corrected chi connectivity index (χ0v) is 12.3. The van der Waals surface area contributed by atoms with Crippen LogP contribution in [-0.2, 0) is 0 Å². The molecule has 1 fully saturated rings. The van der Waals surface area contributed by atoms with E-state index in [1.165, 1.54) is 18.9 Å². The number of aliphatic hydroxyl groups excluding tert-OH is 1. The maximum atomic E-state index is 13.9. The predicted octanol–water partition coefficient (Wildman–Crippen LogP) is 1.80. The van der Waals surface area contributed by atoms with Crippen LogP contribution in [-0.4, -0.2) is 42.3 Å². The Morgan fingerprint density at radius 3 is 2.76 bits per heavy atom. The SMILES string of the molecule is CC(NCC(O)CN1CCCC1)c1ccc(C#N)cc1F. The maximum Gasteiger partial charge on any atom is 0.129 e. The number of nitrogens with zero attached hydrogens (tertiary/aromatic N) is 2. The fraction of sp³-hybridized carbons (Fsp3) is 0.562. The Hall–Kier alpha value is -1.48. The first-order valence-corrected chi connectivity index (χ1v) is 7.43. The molecule has 5 heteroatoms. The molecule has 0 aliphatic carbocycles. The number of β-amino-alcohol motifs (C(OH)–C–C–N with tert-alkyl or cyclic N) is 1. The van der Waals surface area contributed by atoms with Gasteiger partial charge in [-0.2, -0.15) is 5.26 Å². The minimum atomic E-state index is -0.452. The van der Waals surface area contributed by atoms with E-state index in [9.17, 15) is 9.50 Å². The lowest BCUT2D eigenvalue weighted by atomic mass is 10.1. The number of hydrogen-bond acceptors (Lipinski definition) is 4. The average molecular weight is 291 g/mol. The highest BCUT2D eigenvalue weighted by Crippen LogP contribution is 2.18. The minimum Gasteiger partial charge on any atom is -0.390 e. The molecule has 2 N–H and O–H groups in total. The molecule has 0 saturated carbocycles. The van der Waals surface area contributed by atoms with Crippen molar-refractivity contribution in [2.75, 3.05) is 26.2 Å². The fourth-order valence-corrected chi connectivity index (χ4v) is 2.70. The molecule has 1 aliphatic heterocycles. The largest absolute Gasteiger partial charge is 0.390 e. The number of benzene rings is 1. The molecule has 2 atom stereocenters. The zero-order chi connectivity index (χ0) is 15.2. The van der Waals surface area contributed by atoms with Crippen LogP contribution in [0.4, 0.5) is 4.39 Å². The van der Waals surface area contributed by atoms with Gasteiger partial charge in [-0.15, -0.1) is 0 Å². The summed E-state index contributed by atoms with van der Waals surface area (Å²) < 4.78 is 13.9. The molecule has 1 aliphatic rings. The molecule has 2 unspecified atom stereocenters. The molecule has 114 valence electrons. The van der Waals surface area contributed by atoms with Crippen molar-refractivity contribution in [1.82, 2.24) is 10.2 Å². The Morgan fingerprint density at radius 2 is 2.14 bits per heavy atom. The number of nitriles is 1. The molecule has 0 bridgehead atoms. The lowest BCUT2D eigenvalue weighted by Crippen LogP contribution is -2.38. The molecule has 0 aromatic heterocycles. The quantitative estimate of drug-likeness (QED) is 0.839. The smallest absolute Gasteiger partial charge is 0.129 e. The molecule has 1 aromatic carbocycles. The third-order valence-electron chi connectivity index (χ3n) is 3.92. The monoisotopic (exact) mass is 291 g/mol. The summed E-state index contributed by atoms with van der Waals surface area (Å²) in [7, 11) is 0. The van der Waals surface area contributed by atoms with Gasteiger partial charge in [-0.05, 0) is 45.0 Å². The van der Waals surface area contributed by atoms with Gasteiger partial charge < -0.3 is 15.3 Å². The van der Waals surface area contributed by atoms with Gasteiger partial charge in [0.1, 0.15) is 5.82 Å². The summed E-state index contributed by atoms with van der Waals surface area (Å²) in [5.41, 5.74) is 0.833. The topological polar surface area (TPSA) is 59.3 Å². The van der Waals surface area contributed by atoms with E-state index < -0.39 is 6.10 Å². The van der Waals surface area contributed by atoms with Gasteiger partial charge in [0, 0.05) is 24.7 Å². The van der Waals surface area contributed by atoms with E-state index in [1.54, 1.807) is 12.1 Å². The van der Waals surface area contributed by atoms with Crippen LogP contribution < -0.4 is 5.32 Å². The number of rotatable bonds is 6. The van der Waals surface area contributed by atoms with E-state index in [0.29, 0.717) is 24.2 Å². The van der Waals surface area contributed by atoms with Crippen LogP contribution in [0.15, 0.2) is 18.2 Å². The number of aliphatic hydroxyl groups is 1. The van der Waals surface area contributed by atoms with Crippen molar-refractivity contribution in [3.8, 4) is 6.07 Å². The maximum absolute atomic E-state index is 13.9. The second-order valence-electron chi connectivity index (χ2n) is 5.64. The van der Waals surface area contributed by atoms with Crippen molar-refractivity contribution < 1.29 is 9.50 Å². The van der Waals surface area contributed by atoms with Gasteiger partial charge in [-0.1, -0.05) is 6.07 Å².